The summed E-state index contributed by atoms with van der Waals surface area (Å²) >= 11 is 0. The summed E-state index contributed by atoms with van der Waals surface area (Å²) in [5.74, 6) is 0.826. The summed E-state index contributed by atoms with van der Waals surface area (Å²) in [4.78, 5) is 5.03. The van der Waals surface area contributed by atoms with Crippen LogP contribution in [0.3, 0.4) is 0 Å². The molecule has 1 aromatic heterocycles. The van der Waals surface area contributed by atoms with Crippen molar-refractivity contribution < 1.29 is 18.7 Å². The van der Waals surface area contributed by atoms with Gasteiger partial charge in [-0.3, -0.25) is 4.90 Å². The number of ether oxygens (including phenoxy) is 3. The highest BCUT2D eigenvalue weighted by atomic mass is 16.5. The first kappa shape index (κ1) is 23.7. The number of methoxy groups -OCH3 is 2. The second kappa shape index (κ2) is 12.2. The van der Waals surface area contributed by atoms with E-state index >= 15 is 0 Å². The zero-order chi connectivity index (χ0) is 22.1. The third-order valence-electron chi connectivity index (χ3n) is 5.79. The standard InChI is InChI=1S/C24H37N3O4/c1-19-7-8-23(22(15-19)24(29-4)18-28-3)27-12-10-26(11-13-27)9-5-6-14-30-17-21-16-20(2)31-25-21/h7-8,15-16,24H,5-6,9-14,17-18H2,1-4H3. The molecule has 0 bridgehead atoms. The lowest BCUT2D eigenvalue weighted by Crippen LogP contribution is -2.47. The first-order valence-electron chi connectivity index (χ1n) is 11.2. The van der Waals surface area contributed by atoms with Crippen molar-refractivity contribution in [2.75, 3.05) is 65.1 Å². The lowest BCUT2D eigenvalue weighted by molar-refractivity contribution is 0.0276. The van der Waals surface area contributed by atoms with Gasteiger partial charge in [-0.1, -0.05) is 22.9 Å². The molecule has 0 saturated carbocycles. The van der Waals surface area contributed by atoms with Crippen LogP contribution < -0.4 is 4.90 Å². The fourth-order valence-electron chi connectivity index (χ4n) is 4.07. The van der Waals surface area contributed by atoms with Gasteiger partial charge in [-0.25, -0.2) is 0 Å². The van der Waals surface area contributed by atoms with Crippen molar-refractivity contribution in [3.05, 3.63) is 46.8 Å². The van der Waals surface area contributed by atoms with E-state index in [1.807, 2.05) is 13.0 Å². The average molecular weight is 432 g/mol. The van der Waals surface area contributed by atoms with Gasteiger partial charge >= 0.3 is 0 Å². The van der Waals surface area contributed by atoms with E-state index in [4.69, 9.17) is 18.7 Å². The van der Waals surface area contributed by atoms with Gasteiger partial charge in [0.25, 0.3) is 0 Å². The maximum atomic E-state index is 5.72. The third-order valence-corrected chi connectivity index (χ3v) is 5.79. The number of unbranched alkanes of at least 4 members (excludes halogenated alkanes) is 1. The number of piperazine rings is 1. The second-order valence-corrected chi connectivity index (χ2v) is 8.26. The number of aryl methyl sites for hydroxylation is 2. The van der Waals surface area contributed by atoms with Crippen LogP contribution in [0.25, 0.3) is 0 Å². The molecule has 0 radical (unpaired) electrons. The van der Waals surface area contributed by atoms with Gasteiger partial charge in [0.05, 0.1) is 13.2 Å². The molecule has 0 N–H and O–H groups in total. The van der Waals surface area contributed by atoms with Crippen LogP contribution in [-0.2, 0) is 20.8 Å². The van der Waals surface area contributed by atoms with E-state index in [1.54, 1.807) is 14.2 Å². The Kier molecular flexibility index (Phi) is 9.33. The summed E-state index contributed by atoms with van der Waals surface area (Å²) in [6, 6.07) is 8.57. The molecule has 1 aromatic carbocycles. The van der Waals surface area contributed by atoms with Crippen molar-refractivity contribution in [2.45, 2.75) is 39.4 Å². The van der Waals surface area contributed by atoms with Crippen molar-refractivity contribution >= 4 is 5.69 Å². The Hall–Kier alpha value is -1.93. The van der Waals surface area contributed by atoms with E-state index in [1.165, 1.54) is 16.8 Å². The Balaban J connectivity index is 1.40. The summed E-state index contributed by atoms with van der Waals surface area (Å²) < 4.78 is 21.8. The van der Waals surface area contributed by atoms with E-state index in [9.17, 15) is 0 Å². The van der Waals surface area contributed by atoms with Gasteiger partial charge in [0.2, 0.25) is 0 Å². The van der Waals surface area contributed by atoms with Crippen LogP contribution in [0.2, 0.25) is 0 Å². The van der Waals surface area contributed by atoms with Gasteiger partial charge in [-0.2, -0.15) is 0 Å². The fourth-order valence-corrected chi connectivity index (χ4v) is 4.07. The summed E-state index contributed by atoms with van der Waals surface area (Å²) in [6.07, 6.45) is 2.16. The van der Waals surface area contributed by atoms with Gasteiger partial charge in [-0.15, -0.1) is 0 Å². The van der Waals surface area contributed by atoms with Crippen LogP contribution in [0.5, 0.6) is 0 Å². The van der Waals surface area contributed by atoms with E-state index in [0.717, 1.165) is 63.6 Å². The number of hydrogen-bond donors (Lipinski definition) is 0. The van der Waals surface area contributed by atoms with E-state index in [0.29, 0.717) is 13.2 Å². The minimum Gasteiger partial charge on any atom is -0.382 e. The minimum absolute atomic E-state index is 0.0425. The van der Waals surface area contributed by atoms with E-state index in [2.05, 4.69) is 40.1 Å². The van der Waals surface area contributed by atoms with Crippen LogP contribution in [0.4, 0.5) is 5.69 Å². The highest BCUT2D eigenvalue weighted by molar-refractivity contribution is 5.56. The SMILES string of the molecule is COCC(OC)c1cc(C)ccc1N1CCN(CCCCOCc2cc(C)on2)CC1. The highest BCUT2D eigenvalue weighted by Gasteiger charge is 2.22. The highest BCUT2D eigenvalue weighted by Crippen LogP contribution is 2.30. The zero-order valence-electron chi connectivity index (χ0n) is 19.4. The fraction of sp³-hybridized carbons (Fsp3) is 0.625. The molecule has 7 nitrogen and oxygen atoms in total. The molecule has 7 heteroatoms. The molecule has 1 atom stereocenters. The Bertz CT molecular complexity index is 787. The molecule has 1 fully saturated rings. The van der Waals surface area contributed by atoms with Gasteiger partial charge in [0.1, 0.15) is 17.6 Å². The predicted octanol–water partition coefficient (Wildman–Crippen LogP) is 3.74. The van der Waals surface area contributed by atoms with Crippen molar-refractivity contribution in [3.63, 3.8) is 0 Å². The number of nitrogens with zero attached hydrogens (tertiary/aromatic N) is 3. The Morgan fingerprint density at radius 2 is 1.87 bits per heavy atom. The monoisotopic (exact) mass is 431 g/mol. The second-order valence-electron chi connectivity index (χ2n) is 8.26. The molecule has 1 unspecified atom stereocenters. The van der Waals surface area contributed by atoms with Gasteiger partial charge in [0.15, 0.2) is 0 Å². The van der Waals surface area contributed by atoms with Crippen LogP contribution in [0.15, 0.2) is 28.8 Å². The van der Waals surface area contributed by atoms with Crippen LogP contribution in [-0.4, -0.2) is 70.2 Å². The van der Waals surface area contributed by atoms with Crippen LogP contribution in [0, 0.1) is 13.8 Å². The van der Waals surface area contributed by atoms with Crippen molar-refractivity contribution in [1.29, 1.82) is 0 Å². The average Bonchev–Trinajstić information content (AvgIpc) is 3.20. The van der Waals surface area contributed by atoms with Gasteiger partial charge in [0, 0.05) is 64.3 Å². The van der Waals surface area contributed by atoms with E-state index in [-0.39, 0.29) is 6.10 Å². The predicted molar refractivity (Wildman–Crippen MR) is 122 cm³/mol. The largest absolute Gasteiger partial charge is 0.382 e. The zero-order valence-corrected chi connectivity index (χ0v) is 19.4. The smallest absolute Gasteiger partial charge is 0.134 e. The summed E-state index contributed by atoms with van der Waals surface area (Å²) in [6.45, 7) is 11.2. The lowest BCUT2D eigenvalue weighted by atomic mass is 10.0. The maximum absolute atomic E-state index is 5.72. The third kappa shape index (κ3) is 7.04. The Labute approximate surface area is 186 Å². The molecule has 0 spiro atoms. The molecule has 31 heavy (non-hydrogen) atoms. The molecule has 1 saturated heterocycles. The maximum Gasteiger partial charge on any atom is 0.134 e. The summed E-state index contributed by atoms with van der Waals surface area (Å²) in [5, 5.41) is 3.95. The number of anilines is 1. The van der Waals surface area contributed by atoms with Gasteiger partial charge in [-0.05, 0) is 39.3 Å². The number of aromatic nitrogens is 1. The number of benzene rings is 1. The molecule has 0 amide bonds. The Morgan fingerprint density at radius 1 is 1.06 bits per heavy atom. The molecule has 1 aliphatic rings. The van der Waals surface area contributed by atoms with Gasteiger partial charge < -0.3 is 23.6 Å². The van der Waals surface area contributed by atoms with Crippen molar-refractivity contribution in [2.24, 2.45) is 0 Å². The normalized spacial score (nSPS) is 16.1. The molecule has 2 aromatic rings. The van der Waals surface area contributed by atoms with Crippen molar-refractivity contribution in [1.82, 2.24) is 10.1 Å². The lowest BCUT2D eigenvalue weighted by Gasteiger charge is -2.37. The number of rotatable bonds is 12. The molecule has 172 valence electrons. The first-order chi connectivity index (χ1) is 15.1. The molecule has 0 aliphatic carbocycles. The number of hydrogen-bond acceptors (Lipinski definition) is 7. The molecular weight excluding hydrogens is 394 g/mol. The minimum atomic E-state index is -0.0425. The molecule has 2 heterocycles. The molecule has 1 aliphatic heterocycles. The van der Waals surface area contributed by atoms with Crippen LogP contribution in [0.1, 0.15) is 41.5 Å². The summed E-state index contributed by atoms with van der Waals surface area (Å²) in [5.41, 5.74) is 4.60. The molecular formula is C24H37N3O4. The molecule has 3 rings (SSSR count). The van der Waals surface area contributed by atoms with Crippen LogP contribution >= 0.6 is 0 Å². The topological polar surface area (TPSA) is 60.2 Å². The first-order valence-corrected chi connectivity index (χ1v) is 11.2. The Morgan fingerprint density at radius 3 is 2.55 bits per heavy atom. The van der Waals surface area contributed by atoms with Crippen molar-refractivity contribution in [3.8, 4) is 0 Å². The summed E-state index contributed by atoms with van der Waals surface area (Å²) in [7, 11) is 3.48. The quantitative estimate of drug-likeness (QED) is 0.474. The van der Waals surface area contributed by atoms with E-state index < -0.39 is 0 Å².